The van der Waals surface area contributed by atoms with Crippen LogP contribution in [0.4, 0.5) is 0 Å². The molecule has 0 atom stereocenters. The van der Waals surface area contributed by atoms with Gasteiger partial charge in [0.25, 0.3) is 5.91 Å². The fourth-order valence-electron chi connectivity index (χ4n) is 3.21. The number of rotatable bonds is 6. The maximum Gasteiger partial charge on any atom is 0.251 e. The third-order valence-electron chi connectivity index (χ3n) is 4.76. The first kappa shape index (κ1) is 18.6. The van der Waals surface area contributed by atoms with E-state index in [-0.39, 0.29) is 23.4 Å². The quantitative estimate of drug-likeness (QED) is 0.847. The van der Waals surface area contributed by atoms with Gasteiger partial charge in [-0.15, -0.1) is 0 Å². The Bertz CT molecular complexity index is 842. The highest BCUT2D eigenvalue weighted by molar-refractivity contribution is 7.89. The number of nitrogens with one attached hydrogen (secondary N) is 1. The highest BCUT2D eigenvalue weighted by Gasteiger charge is 2.21. The molecule has 1 saturated carbocycles. The summed E-state index contributed by atoms with van der Waals surface area (Å²) in [5.41, 5.74) is 1.44. The van der Waals surface area contributed by atoms with Crippen molar-refractivity contribution in [3.8, 4) is 0 Å². The number of hydrogen-bond acceptors (Lipinski definition) is 3. The summed E-state index contributed by atoms with van der Waals surface area (Å²) in [5, 5.41) is 3.06. The van der Waals surface area contributed by atoms with E-state index in [4.69, 9.17) is 0 Å². The molecule has 0 aliphatic heterocycles. The van der Waals surface area contributed by atoms with E-state index in [0.717, 1.165) is 18.4 Å². The minimum absolute atomic E-state index is 0.0614. The molecule has 26 heavy (non-hydrogen) atoms. The first-order valence-electron chi connectivity index (χ1n) is 8.88. The molecule has 5 nitrogen and oxygen atoms in total. The van der Waals surface area contributed by atoms with Crippen LogP contribution in [0.15, 0.2) is 59.5 Å². The zero-order valence-corrected chi connectivity index (χ0v) is 15.7. The Labute approximate surface area is 155 Å². The molecule has 1 amide bonds. The molecule has 6 heteroatoms. The molecule has 0 bridgehead atoms. The molecule has 0 unspecified atom stereocenters. The number of carbonyl (C=O) groups is 1. The number of carbonyl (C=O) groups excluding carboxylic acids is 1. The zero-order chi connectivity index (χ0) is 18.6. The summed E-state index contributed by atoms with van der Waals surface area (Å²) in [6.45, 7) is 0.252. The second-order valence-corrected chi connectivity index (χ2v) is 8.77. The molecule has 1 aliphatic carbocycles. The fraction of sp³-hybridized carbons (Fsp3) is 0.350. The molecule has 0 aromatic heterocycles. The van der Waals surface area contributed by atoms with Crippen LogP contribution in [0.3, 0.4) is 0 Å². The highest BCUT2D eigenvalue weighted by Crippen LogP contribution is 2.19. The van der Waals surface area contributed by atoms with Gasteiger partial charge in [-0.3, -0.25) is 4.79 Å². The summed E-state index contributed by atoms with van der Waals surface area (Å²) in [5.74, 6) is -0.0614. The van der Waals surface area contributed by atoms with Gasteiger partial charge in [-0.2, -0.15) is 4.31 Å². The monoisotopic (exact) mass is 372 g/mol. The summed E-state index contributed by atoms with van der Waals surface area (Å²) >= 11 is 0. The Morgan fingerprint density at radius 3 is 2.27 bits per heavy atom. The molecule has 3 rings (SSSR count). The molecule has 0 radical (unpaired) electrons. The minimum Gasteiger partial charge on any atom is -0.349 e. The average molecular weight is 372 g/mol. The van der Waals surface area contributed by atoms with Gasteiger partial charge in [-0.05, 0) is 42.7 Å². The topological polar surface area (TPSA) is 66.5 Å². The van der Waals surface area contributed by atoms with Crippen LogP contribution in [0.5, 0.6) is 0 Å². The number of benzene rings is 2. The molecule has 1 aliphatic rings. The Balaban J connectivity index is 1.64. The van der Waals surface area contributed by atoms with E-state index in [1.165, 1.54) is 17.1 Å². The van der Waals surface area contributed by atoms with Crippen molar-refractivity contribution >= 4 is 15.9 Å². The van der Waals surface area contributed by atoms with Gasteiger partial charge in [0.1, 0.15) is 0 Å². The second kappa shape index (κ2) is 8.01. The van der Waals surface area contributed by atoms with Gasteiger partial charge in [0.2, 0.25) is 10.0 Å². The number of amides is 1. The van der Waals surface area contributed by atoms with Crippen LogP contribution in [0, 0.1) is 0 Å². The number of hydrogen-bond donors (Lipinski definition) is 1. The summed E-state index contributed by atoms with van der Waals surface area (Å²) in [6.07, 6.45) is 4.44. The van der Waals surface area contributed by atoms with E-state index in [1.807, 2.05) is 0 Å². The van der Waals surface area contributed by atoms with Crippen LogP contribution in [0.1, 0.15) is 41.6 Å². The van der Waals surface area contributed by atoms with E-state index in [9.17, 15) is 13.2 Å². The van der Waals surface area contributed by atoms with Crippen LogP contribution < -0.4 is 5.32 Å². The molecule has 0 saturated heterocycles. The molecule has 1 fully saturated rings. The third-order valence-corrected chi connectivity index (χ3v) is 6.58. The number of sulfonamides is 1. The lowest BCUT2D eigenvalue weighted by Crippen LogP contribution is -2.32. The molecule has 138 valence electrons. The molecular formula is C20H24N2O3S. The van der Waals surface area contributed by atoms with E-state index < -0.39 is 10.0 Å². The summed E-state index contributed by atoms with van der Waals surface area (Å²) in [7, 11) is -1.97. The normalized spacial score (nSPS) is 15.3. The Kier molecular flexibility index (Phi) is 5.74. The molecule has 2 aromatic carbocycles. The van der Waals surface area contributed by atoms with Crippen molar-refractivity contribution < 1.29 is 13.2 Å². The van der Waals surface area contributed by atoms with Crippen LogP contribution in [-0.4, -0.2) is 31.7 Å². The van der Waals surface area contributed by atoms with Gasteiger partial charge < -0.3 is 5.32 Å². The molecule has 0 heterocycles. The van der Waals surface area contributed by atoms with Crippen molar-refractivity contribution in [2.45, 2.75) is 43.2 Å². The van der Waals surface area contributed by atoms with Gasteiger partial charge in [0.05, 0.1) is 4.90 Å². The first-order valence-corrected chi connectivity index (χ1v) is 10.3. The predicted molar refractivity (Wildman–Crippen MR) is 101 cm³/mol. The lowest BCUT2D eigenvalue weighted by atomic mass is 10.1. The Hall–Kier alpha value is -2.18. The summed E-state index contributed by atoms with van der Waals surface area (Å²) < 4.78 is 26.4. The van der Waals surface area contributed by atoms with Crippen molar-refractivity contribution in [1.29, 1.82) is 0 Å². The smallest absolute Gasteiger partial charge is 0.251 e. The van der Waals surface area contributed by atoms with Crippen molar-refractivity contribution in [3.63, 3.8) is 0 Å². The van der Waals surface area contributed by atoms with Crippen LogP contribution >= 0.6 is 0 Å². The summed E-state index contributed by atoms with van der Waals surface area (Å²) in [4.78, 5) is 12.5. The number of nitrogens with zero attached hydrogens (tertiary/aromatic N) is 1. The van der Waals surface area contributed by atoms with Gasteiger partial charge in [-0.25, -0.2) is 8.42 Å². The van der Waals surface area contributed by atoms with Crippen LogP contribution in [0.2, 0.25) is 0 Å². The lowest BCUT2D eigenvalue weighted by Gasteiger charge is -2.17. The van der Waals surface area contributed by atoms with Gasteiger partial charge in [0.15, 0.2) is 0 Å². The van der Waals surface area contributed by atoms with E-state index in [1.54, 1.807) is 61.6 Å². The fourth-order valence-corrected chi connectivity index (χ4v) is 4.39. The molecule has 1 N–H and O–H groups in total. The van der Waals surface area contributed by atoms with Crippen molar-refractivity contribution in [3.05, 3.63) is 65.7 Å². The van der Waals surface area contributed by atoms with Crippen LogP contribution in [-0.2, 0) is 16.6 Å². The van der Waals surface area contributed by atoms with Gasteiger partial charge in [0, 0.05) is 25.2 Å². The summed E-state index contributed by atoms with van der Waals surface area (Å²) in [6, 6.07) is 15.8. The molecule has 0 spiro atoms. The van der Waals surface area contributed by atoms with Crippen molar-refractivity contribution in [2.75, 3.05) is 7.05 Å². The zero-order valence-electron chi connectivity index (χ0n) is 14.9. The Morgan fingerprint density at radius 2 is 1.65 bits per heavy atom. The SMILES string of the molecule is CN(Cc1ccc(C(=O)NC2CCCC2)cc1)S(=O)(=O)c1ccccc1. The standard InChI is InChI=1S/C20H24N2O3S/c1-22(26(24,25)19-9-3-2-4-10-19)15-16-11-13-17(14-12-16)20(23)21-18-7-5-6-8-18/h2-4,9-14,18H,5-8,15H2,1H3,(H,21,23). The molecule has 2 aromatic rings. The molecular weight excluding hydrogens is 348 g/mol. The van der Waals surface area contributed by atoms with Crippen molar-refractivity contribution in [1.82, 2.24) is 9.62 Å². The maximum atomic E-state index is 12.6. The van der Waals surface area contributed by atoms with Crippen LogP contribution in [0.25, 0.3) is 0 Å². The highest BCUT2D eigenvalue weighted by atomic mass is 32.2. The first-order chi connectivity index (χ1) is 12.5. The maximum absolute atomic E-state index is 12.6. The van der Waals surface area contributed by atoms with E-state index in [0.29, 0.717) is 5.56 Å². The van der Waals surface area contributed by atoms with Gasteiger partial charge in [-0.1, -0.05) is 43.2 Å². The average Bonchev–Trinajstić information content (AvgIpc) is 3.16. The Morgan fingerprint density at radius 1 is 1.04 bits per heavy atom. The lowest BCUT2D eigenvalue weighted by molar-refractivity contribution is 0.0938. The second-order valence-electron chi connectivity index (χ2n) is 6.73. The van der Waals surface area contributed by atoms with Gasteiger partial charge >= 0.3 is 0 Å². The van der Waals surface area contributed by atoms with E-state index in [2.05, 4.69) is 5.32 Å². The third kappa shape index (κ3) is 4.31. The minimum atomic E-state index is -3.53. The predicted octanol–water partition coefficient (Wildman–Crippen LogP) is 3.18. The van der Waals surface area contributed by atoms with Crippen molar-refractivity contribution in [2.24, 2.45) is 0 Å². The largest absolute Gasteiger partial charge is 0.349 e. The van der Waals surface area contributed by atoms with E-state index >= 15 is 0 Å².